The monoisotopic (exact) mass is 404 g/mol. The minimum Gasteiger partial charge on any atom is -0.494 e. The van der Waals surface area contributed by atoms with Crippen LogP contribution in [0.5, 0.6) is 5.75 Å². The molecule has 0 bridgehead atoms. The first-order chi connectivity index (χ1) is 14.7. The van der Waals surface area contributed by atoms with Crippen LogP contribution in [0.2, 0.25) is 0 Å². The number of para-hydroxylation sites is 1. The molecule has 7 heteroatoms. The van der Waals surface area contributed by atoms with Crippen LogP contribution in [0.1, 0.15) is 18.7 Å². The zero-order valence-electron chi connectivity index (χ0n) is 16.3. The zero-order chi connectivity index (χ0) is 20.7. The Bertz CT molecular complexity index is 1050. The molecule has 7 nitrogen and oxygen atoms in total. The third-order valence-corrected chi connectivity index (χ3v) is 5.37. The molecule has 1 aromatic heterocycles. The Hall–Kier alpha value is -3.58. The first-order valence-electron chi connectivity index (χ1n) is 9.84. The molecule has 0 radical (unpaired) electrons. The highest BCUT2D eigenvalue weighted by Gasteiger charge is 2.61. The van der Waals surface area contributed by atoms with Gasteiger partial charge in [0.1, 0.15) is 23.5 Å². The molecular weight excluding hydrogens is 384 g/mol. The topological polar surface area (TPSA) is 72.2 Å². The third-order valence-electron chi connectivity index (χ3n) is 5.37. The van der Waals surface area contributed by atoms with E-state index in [1.165, 1.54) is 4.90 Å². The molecule has 2 saturated heterocycles. The summed E-state index contributed by atoms with van der Waals surface area (Å²) in [6.45, 7) is 2.44. The number of fused-ring (bicyclic) bond motifs is 1. The first kappa shape index (κ1) is 18.4. The van der Waals surface area contributed by atoms with Gasteiger partial charge in [0.05, 0.1) is 24.2 Å². The maximum atomic E-state index is 13.4. The van der Waals surface area contributed by atoms with Crippen LogP contribution in [-0.4, -0.2) is 24.5 Å². The fourth-order valence-corrected chi connectivity index (χ4v) is 4.07. The molecule has 152 valence electrons. The Kier molecular flexibility index (Phi) is 4.52. The average molecular weight is 404 g/mol. The van der Waals surface area contributed by atoms with E-state index in [1.54, 1.807) is 47.7 Å². The summed E-state index contributed by atoms with van der Waals surface area (Å²) < 4.78 is 11.1. The summed E-state index contributed by atoms with van der Waals surface area (Å²) in [5.41, 5.74) is 1.25. The van der Waals surface area contributed by atoms with E-state index in [2.05, 4.69) is 0 Å². The van der Waals surface area contributed by atoms with Gasteiger partial charge in [0.2, 0.25) is 5.91 Å². The highest BCUT2D eigenvalue weighted by atomic mass is 16.7. The number of amides is 2. The van der Waals surface area contributed by atoms with Crippen molar-refractivity contribution in [2.75, 3.05) is 16.6 Å². The summed E-state index contributed by atoms with van der Waals surface area (Å²) >= 11 is 0. The van der Waals surface area contributed by atoms with Crippen LogP contribution in [0.4, 0.5) is 11.4 Å². The van der Waals surface area contributed by atoms with Crippen molar-refractivity contribution in [3.63, 3.8) is 0 Å². The summed E-state index contributed by atoms with van der Waals surface area (Å²) in [6, 6.07) is 19.3. The van der Waals surface area contributed by atoms with E-state index >= 15 is 0 Å². The number of furan rings is 1. The largest absolute Gasteiger partial charge is 0.494 e. The normalized spacial score (nSPS) is 23.2. The van der Waals surface area contributed by atoms with E-state index < -0.39 is 18.1 Å². The standard InChI is InChI=1S/C23H20N2O5/c1-2-28-17-12-10-15(11-13-17)24-22(26)19-20(18-9-6-14-29-18)25(30-21(19)23(24)27)16-7-4-3-5-8-16/h3-14,19-21H,2H2,1H3/t19-,20-,21-/m0/s1. The van der Waals surface area contributed by atoms with Gasteiger partial charge < -0.3 is 9.15 Å². The van der Waals surface area contributed by atoms with Gasteiger partial charge in [-0.15, -0.1) is 0 Å². The SMILES string of the molecule is CCOc1ccc(N2C(=O)[C@@H]3[C@H](ON(c4ccccc4)[C@H]3c3ccco3)C2=O)cc1. The number of hydroxylamine groups is 1. The van der Waals surface area contributed by atoms with E-state index in [1.807, 2.05) is 37.3 Å². The molecule has 2 aromatic carbocycles. The number of carbonyl (C=O) groups is 2. The number of anilines is 2. The molecule has 3 atom stereocenters. The molecule has 30 heavy (non-hydrogen) atoms. The second kappa shape index (κ2) is 7.35. The minimum atomic E-state index is -0.917. The number of hydrogen-bond acceptors (Lipinski definition) is 6. The van der Waals surface area contributed by atoms with Gasteiger partial charge in [0.25, 0.3) is 5.91 Å². The second-order valence-corrected chi connectivity index (χ2v) is 7.11. The van der Waals surface area contributed by atoms with Crippen LogP contribution in [0.3, 0.4) is 0 Å². The fourth-order valence-electron chi connectivity index (χ4n) is 4.07. The van der Waals surface area contributed by atoms with Gasteiger partial charge in [-0.05, 0) is 55.5 Å². The van der Waals surface area contributed by atoms with Crippen molar-refractivity contribution in [1.82, 2.24) is 0 Å². The molecule has 0 saturated carbocycles. The summed E-state index contributed by atoms with van der Waals surface area (Å²) in [7, 11) is 0. The number of nitrogens with zero attached hydrogens (tertiary/aromatic N) is 2. The molecule has 2 fully saturated rings. The summed E-state index contributed by atoms with van der Waals surface area (Å²) in [6.07, 6.45) is 0.636. The summed E-state index contributed by atoms with van der Waals surface area (Å²) in [4.78, 5) is 33.8. The van der Waals surface area contributed by atoms with Crippen LogP contribution >= 0.6 is 0 Å². The van der Waals surface area contributed by atoms with Crippen LogP contribution in [-0.2, 0) is 14.4 Å². The van der Waals surface area contributed by atoms with E-state index in [9.17, 15) is 9.59 Å². The Labute approximate surface area is 173 Å². The lowest BCUT2D eigenvalue weighted by Crippen LogP contribution is -2.37. The van der Waals surface area contributed by atoms with Gasteiger partial charge in [-0.2, -0.15) is 0 Å². The van der Waals surface area contributed by atoms with Crippen molar-refractivity contribution < 1.29 is 23.6 Å². The van der Waals surface area contributed by atoms with Crippen molar-refractivity contribution in [2.45, 2.75) is 19.1 Å². The van der Waals surface area contributed by atoms with Gasteiger partial charge in [0.15, 0.2) is 6.10 Å². The molecular formula is C23H20N2O5. The van der Waals surface area contributed by atoms with E-state index in [0.717, 1.165) is 5.69 Å². The van der Waals surface area contributed by atoms with Crippen molar-refractivity contribution >= 4 is 23.2 Å². The van der Waals surface area contributed by atoms with Crippen LogP contribution < -0.4 is 14.7 Å². The fraction of sp³-hybridized carbons (Fsp3) is 0.217. The molecule has 3 heterocycles. The quantitative estimate of drug-likeness (QED) is 0.604. The maximum Gasteiger partial charge on any atom is 0.266 e. The molecule has 2 aliphatic rings. The molecule has 2 amide bonds. The smallest absolute Gasteiger partial charge is 0.266 e. The summed E-state index contributed by atoms with van der Waals surface area (Å²) in [5.74, 6) is -0.157. The van der Waals surface area contributed by atoms with Crippen LogP contribution in [0.25, 0.3) is 0 Å². The van der Waals surface area contributed by atoms with Gasteiger partial charge in [0, 0.05) is 0 Å². The highest BCUT2D eigenvalue weighted by Crippen LogP contribution is 2.47. The number of carbonyl (C=O) groups excluding carboxylic acids is 2. The maximum absolute atomic E-state index is 13.4. The predicted octanol–water partition coefficient (Wildman–Crippen LogP) is 3.73. The average Bonchev–Trinajstić information content (AvgIpc) is 3.48. The van der Waals surface area contributed by atoms with E-state index in [0.29, 0.717) is 23.8 Å². The van der Waals surface area contributed by atoms with Crippen LogP contribution in [0, 0.1) is 5.92 Å². The minimum absolute atomic E-state index is 0.311. The predicted molar refractivity (Wildman–Crippen MR) is 109 cm³/mol. The first-order valence-corrected chi connectivity index (χ1v) is 9.84. The third kappa shape index (κ3) is 2.86. The van der Waals surface area contributed by atoms with Gasteiger partial charge in [-0.3, -0.25) is 14.4 Å². The van der Waals surface area contributed by atoms with Crippen molar-refractivity contribution in [1.29, 1.82) is 0 Å². The number of hydrogen-bond donors (Lipinski definition) is 0. The van der Waals surface area contributed by atoms with Crippen molar-refractivity contribution in [2.24, 2.45) is 5.92 Å². The highest BCUT2D eigenvalue weighted by molar-refractivity contribution is 6.23. The lowest BCUT2D eigenvalue weighted by atomic mass is 9.94. The number of rotatable bonds is 5. The van der Waals surface area contributed by atoms with E-state index in [4.69, 9.17) is 14.0 Å². The van der Waals surface area contributed by atoms with Crippen molar-refractivity contribution in [3.8, 4) is 5.75 Å². The lowest BCUT2D eigenvalue weighted by Gasteiger charge is -2.27. The molecule has 0 spiro atoms. The molecule has 2 aliphatic heterocycles. The Balaban J connectivity index is 1.51. The number of ether oxygens (including phenoxy) is 1. The van der Waals surface area contributed by atoms with Crippen LogP contribution in [0.15, 0.2) is 77.4 Å². The van der Waals surface area contributed by atoms with Gasteiger partial charge >= 0.3 is 0 Å². The Morgan fingerprint density at radius 1 is 0.900 bits per heavy atom. The Morgan fingerprint density at radius 3 is 2.33 bits per heavy atom. The summed E-state index contributed by atoms with van der Waals surface area (Å²) in [5, 5.41) is 1.61. The van der Waals surface area contributed by atoms with Gasteiger partial charge in [-0.25, -0.2) is 9.96 Å². The van der Waals surface area contributed by atoms with Crippen molar-refractivity contribution in [3.05, 3.63) is 78.8 Å². The molecule has 0 unspecified atom stereocenters. The second-order valence-electron chi connectivity index (χ2n) is 7.11. The van der Waals surface area contributed by atoms with E-state index in [-0.39, 0.29) is 11.8 Å². The number of imide groups is 1. The molecule has 0 aliphatic carbocycles. The Morgan fingerprint density at radius 2 is 1.67 bits per heavy atom. The number of benzene rings is 2. The molecule has 5 rings (SSSR count). The molecule has 3 aromatic rings. The van der Waals surface area contributed by atoms with Gasteiger partial charge in [-0.1, -0.05) is 18.2 Å². The molecule has 0 N–H and O–H groups in total. The lowest BCUT2D eigenvalue weighted by molar-refractivity contribution is -0.126. The zero-order valence-corrected chi connectivity index (χ0v) is 16.3.